The van der Waals surface area contributed by atoms with E-state index in [9.17, 15) is 17.2 Å². The van der Waals surface area contributed by atoms with Crippen molar-refractivity contribution >= 4 is 33.1 Å². The molecule has 0 aliphatic rings. The second-order valence-corrected chi connectivity index (χ2v) is 6.66. The molecule has 0 aliphatic carbocycles. The molecule has 2 rings (SSSR count). The number of thiophene rings is 1. The Morgan fingerprint density at radius 2 is 1.89 bits per heavy atom. The second-order valence-electron chi connectivity index (χ2n) is 3.17. The fourth-order valence-corrected chi connectivity index (χ4v) is 3.52. The third-order valence-corrected chi connectivity index (χ3v) is 4.80. The Hall–Kier alpha value is -1.18. The first-order valence-electron chi connectivity index (χ1n) is 4.53. The van der Waals surface area contributed by atoms with Crippen LogP contribution < -0.4 is 4.18 Å². The molecule has 8 heteroatoms. The van der Waals surface area contributed by atoms with Gasteiger partial charge in [-0.3, -0.25) is 0 Å². The Bertz CT molecular complexity index is 682. The van der Waals surface area contributed by atoms with E-state index in [1.807, 2.05) is 0 Å². The second kappa shape index (κ2) is 4.83. The molecule has 96 valence electrons. The van der Waals surface area contributed by atoms with Crippen LogP contribution in [0.15, 0.2) is 34.5 Å². The standard InChI is InChI=1S/C10H5ClF2O3S2/c11-9-3-4-10(17-9)18(14,15)16-8-2-1-6(12)5-7(8)13/h1-5H. The largest absolute Gasteiger partial charge is 0.375 e. The molecule has 0 saturated heterocycles. The van der Waals surface area contributed by atoms with Gasteiger partial charge in [0.15, 0.2) is 15.8 Å². The van der Waals surface area contributed by atoms with Gasteiger partial charge in [0.05, 0.1) is 4.34 Å². The molecule has 0 unspecified atom stereocenters. The van der Waals surface area contributed by atoms with Crippen LogP contribution >= 0.6 is 22.9 Å². The minimum atomic E-state index is -4.16. The van der Waals surface area contributed by atoms with Gasteiger partial charge in [-0.2, -0.15) is 8.42 Å². The summed E-state index contributed by atoms with van der Waals surface area (Å²) >= 11 is 6.38. The Kier molecular flexibility index (Phi) is 3.56. The van der Waals surface area contributed by atoms with Crippen molar-refractivity contribution in [2.75, 3.05) is 0 Å². The van der Waals surface area contributed by atoms with Crippen molar-refractivity contribution in [2.24, 2.45) is 0 Å². The first-order valence-corrected chi connectivity index (χ1v) is 7.13. The van der Waals surface area contributed by atoms with Gasteiger partial charge >= 0.3 is 10.1 Å². The molecule has 0 radical (unpaired) electrons. The molecule has 1 aromatic carbocycles. The van der Waals surface area contributed by atoms with Crippen LogP contribution in [0.25, 0.3) is 0 Å². The van der Waals surface area contributed by atoms with E-state index in [4.69, 9.17) is 11.6 Å². The van der Waals surface area contributed by atoms with Crippen LogP contribution in [0.4, 0.5) is 8.78 Å². The molecular formula is C10H5ClF2O3S2. The molecule has 0 atom stereocenters. The quantitative estimate of drug-likeness (QED) is 0.816. The maximum Gasteiger partial charge on any atom is 0.348 e. The summed E-state index contributed by atoms with van der Waals surface area (Å²) in [7, 11) is -4.16. The monoisotopic (exact) mass is 310 g/mol. The van der Waals surface area contributed by atoms with Gasteiger partial charge in [-0.05, 0) is 24.3 Å². The van der Waals surface area contributed by atoms with E-state index in [1.165, 1.54) is 12.1 Å². The van der Waals surface area contributed by atoms with Gasteiger partial charge in [0.2, 0.25) is 0 Å². The Balaban J connectivity index is 2.33. The van der Waals surface area contributed by atoms with Crippen LogP contribution in [0.5, 0.6) is 5.75 Å². The predicted molar refractivity (Wildman–Crippen MR) is 63.5 cm³/mol. The lowest BCUT2D eigenvalue weighted by molar-refractivity contribution is 0.459. The average Bonchev–Trinajstić information content (AvgIpc) is 2.70. The van der Waals surface area contributed by atoms with E-state index < -0.39 is 27.5 Å². The van der Waals surface area contributed by atoms with E-state index >= 15 is 0 Å². The molecule has 0 N–H and O–H groups in total. The Morgan fingerprint density at radius 1 is 1.17 bits per heavy atom. The number of hydrogen-bond donors (Lipinski definition) is 0. The predicted octanol–water partition coefficient (Wildman–Crippen LogP) is 3.45. The third-order valence-electron chi connectivity index (χ3n) is 1.89. The highest BCUT2D eigenvalue weighted by Gasteiger charge is 2.21. The van der Waals surface area contributed by atoms with E-state index in [-0.39, 0.29) is 8.55 Å². The summed E-state index contributed by atoms with van der Waals surface area (Å²) in [5, 5.41) is 0. The van der Waals surface area contributed by atoms with E-state index in [0.717, 1.165) is 23.5 Å². The van der Waals surface area contributed by atoms with E-state index in [2.05, 4.69) is 4.18 Å². The molecule has 18 heavy (non-hydrogen) atoms. The number of halogens is 3. The molecule has 0 fully saturated rings. The van der Waals surface area contributed by atoms with Crippen molar-refractivity contribution in [2.45, 2.75) is 4.21 Å². The fraction of sp³-hybridized carbons (Fsp3) is 0. The van der Waals surface area contributed by atoms with Crippen LogP contribution in [0.1, 0.15) is 0 Å². The smallest absolute Gasteiger partial charge is 0.348 e. The van der Waals surface area contributed by atoms with Crippen molar-refractivity contribution in [1.82, 2.24) is 0 Å². The first-order chi connectivity index (χ1) is 8.38. The summed E-state index contributed by atoms with van der Waals surface area (Å²) in [5.41, 5.74) is 0. The Morgan fingerprint density at radius 3 is 2.44 bits per heavy atom. The van der Waals surface area contributed by atoms with Gasteiger partial charge in [-0.1, -0.05) is 11.6 Å². The van der Waals surface area contributed by atoms with Crippen LogP contribution in [-0.4, -0.2) is 8.42 Å². The molecule has 0 aliphatic heterocycles. The summed E-state index contributed by atoms with van der Waals surface area (Å²) in [6.07, 6.45) is 0. The fourth-order valence-electron chi connectivity index (χ4n) is 1.13. The minimum Gasteiger partial charge on any atom is -0.375 e. The van der Waals surface area contributed by atoms with Gasteiger partial charge in [0.1, 0.15) is 5.82 Å². The summed E-state index contributed by atoms with van der Waals surface area (Å²) in [4.78, 5) is 0. The number of benzene rings is 1. The van der Waals surface area contributed by atoms with Gasteiger partial charge in [0.25, 0.3) is 0 Å². The number of hydrogen-bond acceptors (Lipinski definition) is 4. The molecule has 1 heterocycles. The van der Waals surface area contributed by atoms with Gasteiger partial charge < -0.3 is 4.18 Å². The van der Waals surface area contributed by atoms with Crippen LogP contribution in [0, 0.1) is 11.6 Å². The maximum atomic E-state index is 13.2. The lowest BCUT2D eigenvalue weighted by atomic mass is 10.3. The van der Waals surface area contributed by atoms with Gasteiger partial charge in [0, 0.05) is 6.07 Å². The minimum absolute atomic E-state index is 0.156. The molecule has 3 nitrogen and oxygen atoms in total. The van der Waals surface area contributed by atoms with Crippen molar-refractivity contribution in [3.05, 3.63) is 46.3 Å². The normalized spacial score (nSPS) is 11.5. The zero-order valence-electron chi connectivity index (χ0n) is 8.56. The Labute approximate surface area is 111 Å². The number of rotatable bonds is 3. The highest BCUT2D eigenvalue weighted by atomic mass is 35.5. The summed E-state index contributed by atoms with van der Waals surface area (Å²) in [5.74, 6) is -2.49. The lowest BCUT2D eigenvalue weighted by Crippen LogP contribution is -2.09. The zero-order chi connectivity index (χ0) is 13.3. The van der Waals surface area contributed by atoms with Crippen LogP contribution in [-0.2, 0) is 10.1 Å². The van der Waals surface area contributed by atoms with Crippen molar-refractivity contribution in [3.8, 4) is 5.75 Å². The van der Waals surface area contributed by atoms with Crippen LogP contribution in [0.2, 0.25) is 4.34 Å². The molecular weight excluding hydrogens is 306 g/mol. The van der Waals surface area contributed by atoms with Gasteiger partial charge in [-0.15, -0.1) is 11.3 Å². The average molecular weight is 311 g/mol. The first kappa shape index (κ1) is 13.3. The van der Waals surface area contributed by atoms with Crippen molar-refractivity contribution in [3.63, 3.8) is 0 Å². The maximum absolute atomic E-state index is 13.2. The van der Waals surface area contributed by atoms with E-state index in [1.54, 1.807) is 0 Å². The highest BCUT2D eigenvalue weighted by Crippen LogP contribution is 2.29. The summed E-state index contributed by atoms with van der Waals surface area (Å²) in [6.45, 7) is 0. The summed E-state index contributed by atoms with van der Waals surface area (Å²) < 4.78 is 54.0. The molecule has 0 amide bonds. The molecule has 0 bridgehead atoms. The molecule has 0 spiro atoms. The van der Waals surface area contributed by atoms with Gasteiger partial charge in [-0.25, -0.2) is 8.78 Å². The van der Waals surface area contributed by atoms with Crippen LogP contribution in [0.3, 0.4) is 0 Å². The molecule has 1 aromatic heterocycles. The van der Waals surface area contributed by atoms with Crippen molar-refractivity contribution < 1.29 is 21.4 Å². The van der Waals surface area contributed by atoms with Crippen molar-refractivity contribution in [1.29, 1.82) is 0 Å². The van der Waals surface area contributed by atoms with E-state index in [0.29, 0.717) is 6.07 Å². The topological polar surface area (TPSA) is 43.4 Å². The third kappa shape index (κ3) is 2.80. The zero-order valence-corrected chi connectivity index (χ0v) is 11.0. The SMILES string of the molecule is O=S(=O)(Oc1ccc(F)cc1F)c1ccc(Cl)s1. The molecule has 0 saturated carbocycles. The molecule has 2 aromatic rings. The lowest BCUT2D eigenvalue weighted by Gasteiger charge is -2.05. The summed E-state index contributed by atoms with van der Waals surface area (Å²) in [6, 6.07) is 4.95. The highest BCUT2D eigenvalue weighted by molar-refractivity contribution is 7.89.